The number of hydrogen-bond acceptors (Lipinski definition) is 4. The molecule has 0 aliphatic carbocycles. The van der Waals surface area contributed by atoms with E-state index in [2.05, 4.69) is 4.74 Å². The van der Waals surface area contributed by atoms with Crippen LogP contribution in [-0.2, 0) is 14.6 Å². The molecule has 0 aromatic heterocycles. The lowest BCUT2D eigenvalue weighted by Gasteiger charge is -2.02. The minimum Gasteiger partial charge on any atom is -0.465 e. The highest BCUT2D eigenvalue weighted by molar-refractivity contribution is 7.90. The van der Waals surface area contributed by atoms with E-state index < -0.39 is 21.6 Å². The van der Waals surface area contributed by atoms with Gasteiger partial charge < -0.3 is 4.74 Å². The van der Waals surface area contributed by atoms with Crippen LogP contribution in [0.5, 0.6) is 0 Å². The molecule has 0 radical (unpaired) electrons. The van der Waals surface area contributed by atoms with Gasteiger partial charge in [0.15, 0.2) is 9.84 Å². The fourth-order valence-corrected chi connectivity index (χ4v) is 1.63. The molecule has 0 heterocycles. The number of halogens is 1. The highest BCUT2D eigenvalue weighted by Crippen LogP contribution is 2.15. The first-order chi connectivity index (χ1) is 6.86. The van der Waals surface area contributed by atoms with Crippen molar-refractivity contribution in [2.75, 3.05) is 13.4 Å². The summed E-state index contributed by atoms with van der Waals surface area (Å²) in [6, 6.07) is 3.03. The number of rotatable bonds is 2. The molecule has 0 amide bonds. The molecule has 0 aliphatic rings. The molecule has 6 heteroatoms. The first-order valence-corrected chi connectivity index (χ1v) is 5.83. The van der Waals surface area contributed by atoms with Gasteiger partial charge >= 0.3 is 5.97 Å². The van der Waals surface area contributed by atoms with Crippen molar-refractivity contribution < 1.29 is 22.3 Å². The molecule has 15 heavy (non-hydrogen) atoms. The zero-order valence-electron chi connectivity index (χ0n) is 8.15. The van der Waals surface area contributed by atoms with Crippen molar-refractivity contribution in [1.82, 2.24) is 0 Å². The maximum absolute atomic E-state index is 13.3. The number of sulfone groups is 1. The van der Waals surface area contributed by atoms with E-state index in [4.69, 9.17) is 0 Å². The van der Waals surface area contributed by atoms with Gasteiger partial charge in [-0.05, 0) is 18.2 Å². The van der Waals surface area contributed by atoms with E-state index in [0.29, 0.717) is 0 Å². The third kappa shape index (κ3) is 2.53. The monoisotopic (exact) mass is 232 g/mol. The summed E-state index contributed by atoms with van der Waals surface area (Å²) in [6.07, 6.45) is 0.958. The first-order valence-electron chi connectivity index (χ1n) is 3.94. The van der Waals surface area contributed by atoms with E-state index >= 15 is 0 Å². The Hall–Kier alpha value is -1.43. The van der Waals surface area contributed by atoms with Gasteiger partial charge in [0.25, 0.3) is 0 Å². The maximum atomic E-state index is 13.3. The van der Waals surface area contributed by atoms with Crippen LogP contribution in [0.25, 0.3) is 0 Å². The summed E-state index contributed by atoms with van der Waals surface area (Å²) in [6.45, 7) is 0. The molecule has 0 spiro atoms. The molecule has 4 nitrogen and oxygen atoms in total. The molecule has 82 valence electrons. The molecule has 0 unspecified atom stereocenters. The summed E-state index contributed by atoms with van der Waals surface area (Å²) < 4.78 is 39.7. The third-order valence-corrected chi connectivity index (χ3v) is 2.88. The van der Waals surface area contributed by atoms with Gasteiger partial charge in [0, 0.05) is 6.26 Å². The van der Waals surface area contributed by atoms with Crippen molar-refractivity contribution in [3.63, 3.8) is 0 Å². The summed E-state index contributed by atoms with van der Waals surface area (Å²) in [5.74, 6) is -1.75. The molecule has 1 aromatic carbocycles. The zero-order chi connectivity index (χ0) is 11.6. The van der Waals surface area contributed by atoms with Crippen molar-refractivity contribution >= 4 is 15.8 Å². The predicted octanol–water partition coefficient (Wildman–Crippen LogP) is 1.02. The smallest absolute Gasteiger partial charge is 0.340 e. The average molecular weight is 232 g/mol. The van der Waals surface area contributed by atoms with Gasteiger partial charge in [-0.1, -0.05) is 0 Å². The highest BCUT2D eigenvalue weighted by atomic mass is 32.2. The lowest BCUT2D eigenvalue weighted by Crippen LogP contribution is -2.06. The zero-order valence-corrected chi connectivity index (χ0v) is 8.97. The number of carbonyl (C=O) groups excluding carboxylic acids is 1. The summed E-state index contributed by atoms with van der Waals surface area (Å²) >= 11 is 0. The Morgan fingerprint density at radius 1 is 1.40 bits per heavy atom. The molecule has 0 bridgehead atoms. The molecule has 0 saturated heterocycles. The van der Waals surface area contributed by atoms with Gasteiger partial charge in [0.05, 0.1) is 17.6 Å². The van der Waals surface area contributed by atoms with Crippen LogP contribution in [0.3, 0.4) is 0 Å². The summed E-state index contributed by atoms with van der Waals surface area (Å²) in [4.78, 5) is 10.8. The van der Waals surface area contributed by atoms with Gasteiger partial charge in [0.1, 0.15) is 5.82 Å². The molecule has 0 saturated carbocycles. The lowest BCUT2D eigenvalue weighted by molar-refractivity contribution is 0.0595. The Bertz CT molecular complexity index is 493. The van der Waals surface area contributed by atoms with Gasteiger partial charge in [-0.15, -0.1) is 0 Å². The largest absolute Gasteiger partial charge is 0.465 e. The summed E-state index contributed by atoms with van der Waals surface area (Å²) in [5.41, 5.74) is -0.287. The van der Waals surface area contributed by atoms with Gasteiger partial charge in [-0.2, -0.15) is 0 Å². The van der Waals surface area contributed by atoms with Crippen LogP contribution < -0.4 is 0 Å². The number of carbonyl (C=O) groups is 1. The second-order valence-electron chi connectivity index (χ2n) is 2.91. The number of ether oxygens (including phenoxy) is 1. The molecule has 1 rings (SSSR count). The minimum atomic E-state index is -3.47. The Labute approximate surface area is 86.6 Å². The first kappa shape index (κ1) is 11.6. The van der Waals surface area contributed by atoms with E-state index in [0.717, 1.165) is 31.6 Å². The van der Waals surface area contributed by atoms with Gasteiger partial charge in [0.2, 0.25) is 0 Å². The summed E-state index contributed by atoms with van der Waals surface area (Å²) in [7, 11) is -2.35. The third-order valence-electron chi connectivity index (χ3n) is 1.77. The topological polar surface area (TPSA) is 60.4 Å². The quantitative estimate of drug-likeness (QED) is 0.714. The van der Waals surface area contributed by atoms with Crippen LogP contribution in [-0.4, -0.2) is 27.8 Å². The second kappa shape index (κ2) is 3.98. The van der Waals surface area contributed by atoms with Crippen molar-refractivity contribution in [3.05, 3.63) is 29.6 Å². The Kier molecular flexibility index (Phi) is 3.09. The molecule has 0 fully saturated rings. The Balaban J connectivity index is 3.27. The molecular weight excluding hydrogens is 223 g/mol. The van der Waals surface area contributed by atoms with E-state index in [1.54, 1.807) is 0 Å². The Morgan fingerprint density at radius 2 is 2.00 bits per heavy atom. The van der Waals surface area contributed by atoms with Crippen LogP contribution in [0, 0.1) is 5.82 Å². The second-order valence-corrected chi connectivity index (χ2v) is 4.92. The minimum absolute atomic E-state index is 0.173. The Morgan fingerprint density at radius 3 is 2.40 bits per heavy atom. The van der Waals surface area contributed by atoms with Gasteiger partial charge in [-0.3, -0.25) is 0 Å². The van der Waals surface area contributed by atoms with Crippen LogP contribution in [0.2, 0.25) is 0 Å². The van der Waals surface area contributed by atoms with E-state index in [1.165, 1.54) is 0 Å². The van der Waals surface area contributed by atoms with Crippen molar-refractivity contribution in [2.24, 2.45) is 0 Å². The molecule has 1 aromatic rings. The molecule has 0 atom stereocenters. The van der Waals surface area contributed by atoms with Crippen LogP contribution in [0.4, 0.5) is 4.39 Å². The number of esters is 1. The standard InChI is InChI=1S/C9H9FO4S/c1-14-9(11)7-4-3-6(5-8(7)10)15(2,12)13/h3-5H,1-2H3. The molecule has 0 aliphatic heterocycles. The van der Waals surface area contributed by atoms with Gasteiger partial charge in [-0.25, -0.2) is 17.6 Å². The number of benzene rings is 1. The van der Waals surface area contributed by atoms with E-state index in [9.17, 15) is 17.6 Å². The van der Waals surface area contributed by atoms with Crippen LogP contribution in [0.1, 0.15) is 10.4 Å². The maximum Gasteiger partial charge on any atom is 0.340 e. The predicted molar refractivity (Wildman–Crippen MR) is 50.8 cm³/mol. The molecule has 0 N–H and O–H groups in total. The SMILES string of the molecule is COC(=O)c1ccc(S(C)(=O)=O)cc1F. The number of methoxy groups -OCH3 is 1. The van der Waals surface area contributed by atoms with Crippen molar-refractivity contribution in [2.45, 2.75) is 4.90 Å². The van der Waals surface area contributed by atoms with Crippen LogP contribution in [0.15, 0.2) is 23.1 Å². The fourth-order valence-electron chi connectivity index (χ4n) is 1.00. The van der Waals surface area contributed by atoms with Crippen LogP contribution >= 0.6 is 0 Å². The highest BCUT2D eigenvalue weighted by Gasteiger charge is 2.15. The van der Waals surface area contributed by atoms with Crippen molar-refractivity contribution in [1.29, 1.82) is 0 Å². The van der Waals surface area contributed by atoms with Crippen molar-refractivity contribution in [3.8, 4) is 0 Å². The van der Waals surface area contributed by atoms with E-state index in [1.807, 2.05) is 0 Å². The number of hydrogen-bond donors (Lipinski definition) is 0. The fraction of sp³-hybridized carbons (Fsp3) is 0.222. The summed E-state index contributed by atoms with van der Waals surface area (Å²) in [5, 5.41) is 0. The average Bonchev–Trinajstić information content (AvgIpc) is 2.15. The van der Waals surface area contributed by atoms with E-state index in [-0.39, 0.29) is 10.5 Å². The lowest BCUT2D eigenvalue weighted by atomic mass is 10.2. The molecular formula is C9H9FO4S. The normalized spacial score (nSPS) is 11.1.